The van der Waals surface area contributed by atoms with E-state index in [1.165, 1.54) is 12.0 Å². The van der Waals surface area contributed by atoms with Crippen LogP contribution in [0.15, 0.2) is 34.9 Å². The van der Waals surface area contributed by atoms with Crippen LogP contribution in [0, 0.1) is 5.92 Å². The Hall–Kier alpha value is -3.04. The van der Waals surface area contributed by atoms with E-state index in [-0.39, 0.29) is 18.9 Å². The normalized spacial score (nSPS) is 17.5. The third-order valence-electron chi connectivity index (χ3n) is 3.90. The Labute approximate surface area is 145 Å². The number of halogens is 3. The lowest BCUT2D eigenvalue weighted by Gasteiger charge is -2.19. The van der Waals surface area contributed by atoms with Crippen molar-refractivity contribution < 1.29 is 31.9 Å². The van der Waals surface area contributed by atoms with Crippen molar-refractivity contribution in [3.63, 3.8) is 0 Å². The fourth-order valence-corrected chi connectivity index (χ4v) is 2.64. The summed E-state index contributed by atoms with van der Waals surface area (Å²) in [5.74, 6) is -1.22. The number of carbonyl (C=O) groups is 2. The van der Waals surface area contributed by atoms with Crippen molar-refractivity contribution in [2.75, 3.05) is 23.9 Å². The van der Waals surface area contributed by atoms with Crippen LogP contribution in [0.1, 0.15) is 12.1 Å². The molecule has 0 bridgehead atoms. The fourth-order valence-electron chi connectivity index (χ4n) is 2.64. The molecule has 3 rings (SSSR count). The molecule has 0 radical (unpaired) electrons. The summed E-state index contributed by atoms with van der Waals surface area (Å²) in [6, 6.07) is 6.27. The molecule has 2 heterocycles. The second kappa shape index (κ2) is 6.70. The zero-order valence-electron chi connectivity index (χ0n) is 13.5. The van der Waals surface area contributed by atoms with E-state index in [2.05, 4.69) is 14.7 Å². The highest BCUT2D eigenvalue weighted by Crippen LogP contribution is 2.33. The maximum Gasteiger partial charge on any atom is 0.436 e. The summed E-state index contributed by atoms with van der Waals surface area (Å²) in [4.78, 5) is 29.1. The number of benzene rings is 1. The van der Waals surface area contributed by atoms with Crippen LogP contribution >= 0.6 is 0 Å². The smallest absolute Gasteiger partial charge is 0.436 e. The van der Waals surface area contributed by atoms with E-state index >= 15 is 0 Å². The van der Waals surface area contributed by atoms with Gasteiger partial charge in [0.1, 0.15) is 12.0 Å². The number of alkyl halides is 3. The second-order valence-corrected chi connectivity index (χ2v) is 5.60. The van der Waals surface area contributed by atoms with Crippen LogP contribution in [0.2, 0.25) is 0 Å². The van der Waals surface area contributed by atoms with Crippen LogP contribution in [0.25, 0.3) is 0 Å². The van der Waals surface area contributed by atoms with Gasteiger partial charge in [0, 0.05) is 13.0 Å². The summed E-state index contributed by atoms with van der Waals surface area (Å²) in [6.07, 6.45) is -4.34. The molecule has 0 aliphatic carbocycles. The topological polar surface area (TPSA) is 84.7 Å². The number of carbonyl (C=O) groups excluding carboxylic acids is 2. The quantitative estimate of drug-likeness (QED) is 0.896. The first-order chi connectivity index (χ1) is 12.3. The van der Waals surface area contributed by atoms with Gasteiger partial charge in [-0.05, 0) is 12.1 Å². The van der Waals surface area contributed by atoms with Crippen molar-refractivity contribution in [3.8, 4) is 5.75 Å². The van der Waals surface area contributed by atoms with Gasteiger partial charge >= 0.3 is 12.2 Å². The lowest BCUT2D eigenvalue weighted by molar-refractivity contribution is -0.141. The number of nitrogens with one attached hydrogen (secondary N) is 1. The highest BCUT2D eigenvalue weighted by atomic mass is 19.4. The number of rotatable bonds is 4. The number of nitrogens with zero attached hydrogens (tertiary/aromatic N) is 2. The number of anilines is 2. The van der Waals surface area contributed by atoms with Gasteiger partial charge < -0.3 is 14.1 Å². The summed E-state index contributed by atoms with van der Waals surface area (Å²) in [5.41, 5.74) is -0.725. The number of hydrogen-bond acceptors (Lipinski definition) is 5. The average molecular weight is 369 g/mol. The molecule has 1 atom stereocenters. The van der Waals surface area contributed by atoms with Crippen molar-refractivity contribution in [2.45, 2.75) is 12.6 Å². The van der Waals surface area contributed by atoms with Crippen LogP contribution in [0.3, 0.4) is 0 Å². The van der Waals surface area contributed by atoms with Gasteiger partial charge in [0.25, 0.3) is 0 Å². The number of aromatic nitrogens is 1. The highest BCUT2D eigenvalue weighted by molar-refractivity contribution is 6.03. The first kappa shape index (κ1) is 17.8. The van der Waals surface area contributed by atoms with Gasteiger partial charge in [0.05, 0.1) is 18.7 Å². The number of amides is 2. The Kier molecular flexibility index (Phi) is 4.58. The van der Waals surface area contributed by atoms with Gasteiger partial charge in [-0.1, -0.05) is 12.1 Å². The molecule has 1 N–H and O–H groups in total. The molecule has 2 amide bonds. The number of oxazole rings is 1. The molecule has 7 nitrogen and oxygen atoms in total. The van der Waals surface area contributed by atoms with Gasteiger partial charge in [-0.3, -0.25) is 14.9 Å². The summed E-state index contributed by atoms with van der Waals surface area (Å²) in [7, 11) is 1.46. The van der Waals surface area contributed by atoms with E-state index in [9.17, 15) is 22.8 Å². The molecular formula is C16H14F3N3O4. The summed E-state index contributed by atoms with van der Waals surface area (Å²) in [6.45, 7) is 0.0673. The van der Waals surface area contributed by atoms with E-state index in [4.69, 9.17) is 4.74 Å². The summed E-state index contributed by atoms with van der Waals surface area (Å²) < 4.78 is 47.3. The minimum absolute atomic E-state index is 0.0673. The third kappa shape index (κ3) is 3.48. The number of methoxy groups -OCH3 is 1. The monoisotopic (exact) mass is 369 g/mol. The molecule has 10 heteroatoms. The van der Waals surface area contributed by atoms with Gasteiger partial charge in [0.2, 0.25) is 11.8 Å². The predicted octanol–water partition coefficient (Wildman–Crippen LogP) is 2.69. The minimum Gasteiger partial charge on any atom is -0.495 e. The Morgan fingerprint density at radius 2 is 2.12 bits per heavy atom. The lowest BCUT2D eigenvalue weighted by atomic mass is 10.1. The average Bonchev–Trinajstić information content (AvgIpc) is 3.21. The van der Waals surface area contributed by atoms with E-state index < -0.39 is 29.7 Å². The number of hydrogen-bond donors (Lipinski definition) is 1. The predicted molar refractivity (Wildman–Crippen MR) is 83.6 cm³/mol. The SMILES string of the molecule is COc1ccccc1N1CC(C(=O)Nc2nc(C(F)(F)F)co2)CC1=O. The highest BCUT2D eigenvalue weighted by Gasteiger charge is 2.38. The summed E-state index contributed by atoms with van der Waals surface area (Å²) >= 11 is 0. The van der Waals surface area contributed by atoms with Crippen molar-refractivity contribution in [2.24, 2.45) is 5.92 Å². The van der Waals surface area contributed by atoms with Gasteiger partial charge in [0.15, 0.2) is 5.69 Å². The van der Waals surface area contributed by atoms with Crippen LogP contribution in [0.5, 0.6) is 5.75 Å². The van der Waals surface area contributed by atoms with Gasteiger partial charge in [-0.25, -0.2) is 0 Å². The Bertz CT molecular complexity index is 834. The molecule has 1 fully saturated rings. The molecule has 1 saturated heterocycles. The van der Waals surface area contributed by atoms with Crippen LogP contribution in [-0.2, 0) is 15.8 Å². The Morgan fingerprint density at radius 1 is 1.38 bits per heavy atom. The molecular weight excluding hydrogens is 355 g/mol. The standard InChI is InChI=1S/C16H14F3N3O4/c1-25-11-5-3-2-4-10(11)22-7-9(6-13(22)23)14(24)21-15-20-12(8-26-15)16(17,18)19/h2-5,8-9H,6-7H2,1H3,(H,20,21,24). The minimum atomic E-state index is -4.67. The Morgan fingerprint density at radius 3 is 2.77 bits per heavy atom. The van der Waals surface area contributed by atoms with Crippen LogP contribution in [0.4, 0.5) is 24.9 Å². The van der Waals surface area contributed by atoms with Crippen molar-refractivity contribution in [3.05, 3.63) is 36.2 Å². The number of para-hydroxylation sites is 2. The molecule has 1 aromatic heterocycles. The molecule has 26 heavy (non-hydrogen) atoms. The van der Waals surface area contributed by atoms with E-state index in [1.807, 2.05) is 0 Å². The zero-order valence-corrected chi connectivity index (χ0v) is 13.5. The molecule has 1 unspecified atom stereocenters. The first-order valence-electron chi connectivity index (χ1n) is 7.56. The largest absolute Gasteiger partial charge is 0.495 e. The zero-order chi connectivity index (χ0) is 18.9. The molecule has 1 aliphatic heterocycles. The molecule has 1 aromatic carbocycles. The number of ether oxygens (including phenoxy) is 1. The van der Waals surface area contributed by atoms with E-state index in [0.717, 1.165) is 0 Å². The Balaban J connectivity index is 1.70. The van der Waals surface area contributed by atoms with Gasteiger partial charge in [-0.15, -0.1) is 0 Å². The fraction of sp³-hybridized carbons (Fsp3) is 0.312. The van der Waals surface area contributed by atoms with Crippen LogP contribution in [-0.4, -0.2) is 30.5 Å². The van der Waals surface area contributed by atoms with Crippen molar-refractivity contribution in [1.29, 1.82) is 0 Å². The lowest BCUT2D eigenvalue weighted by Crippen LogP contribution is -2.28. The maximum absolute atomic E-state index is 12.5. The van der Waals surface area contributed by atoms with Crippen LogP contribution < -0.4 is 15.0 Å². The van der Waals surface area contributed by atoms with Crippen molar-refractivity contribution in [1.82, 2.24) is 4.98 Å². The molecule has 0 spiro atoms. The molecule has 138 valence electrons. The van der Waals surface area contributed by atoms with E-state index in [0.29, 0.717) is 17.7 Å². The molecule has 0 saturated carbocycles. The third-order valence-corrected chi connectivity index (χ3v) is 3.90. The molecule has 2 aromatic rings. The second-order valence-electron chi connectivity index (χ2n) is 5.60. The van der Waals surface area contributed by atoms with Gasteiger partial charge in [-0.2, -0.15) is 18.2 Å². The van der Waals surface area contributed by atoms with Crippen molar-refractivity contribution >= 4 is 23.5 Å². The maximum atomic E-state index is 12.5. The molecule has 1 aliphatic rings. The first-order valence-corrected chi connectivity index (χ1v) is 7.56. The summed E-state index contributed by atoms with van der Waals surface area (Å²) in [5, 5.41) is 2.17. The van der Waals surface area contributed by atoms with E-state index in [1.54, 1.807) is 24.3 Å².